The van der Waals surface area contributed by atoms with Crippen LogP contribution in [0.2, 0.25) is 5.02 Å². The summed E-state index contributed by atoms with van der Waals surface area (Å²) in [6, 6.07) is 7.98. The molecule has 2 aliphatic heterocycles. The van der Waals surface area contributed by atoms with Crippen molar-refractivity contribution < 1.29 is 4.79 Å². The fourth-order valence-corrected chi connectivity index (χ4v) is 4.37. The van der Waals surface area contributed by atoms with Crippen LogP contribution in [0.25, 0.3) is 0 Å². The number of benzene rings is 1. The molecule has 2 heterocycles. The third-order valence-electron chi connectivity index (χ3n) is 3.97. The Balaban J connectivity index is 0.00000161. The van der Waals surface area contributed by atoms with E-state index in [4.69, 9.17) is 11.6 Å². The maximum atomic E-state index is 12.7. The Labute approximate surface area is 141 Å². The van der Waals surface area contributed by atoms with Crippen molar-refractivity contribution in [1.82, 2.24) is 10.2 Å². The predicted molar refractivity (Wildman–Crippen MR) is 91.5 cm³/mol. The van der Waals surface area contributed by atoms with Crippen LogP contribution in [0.1, 0.15) is 24.4 Å². The van der Waals surface area contributed by atoms with Crippen molar-refractivity contribution in [3.8, 4) is 0 Å². The third-order valence-corrected chi connectivity index (χ3v) is 5.56. The van der Waals surface area contributed by atoms with Crippen molar-refractivity contribution in [2.75, 3.05) is 25.4 Å². The Kier molecular flexibility index (Phi) is 6.23. The minimum absolute atomic E-state index is 0. The van der Waals surface area contributed by atoms with Crippen LogP contribution >= 0.6 is 35.8 Å². The second-order valence-electron chi connectivity index (χ2n) is 5.31. The number of halogens is 2. The quantitative estimate of drug-likeness (QED) is 0.892. The van der Waals surface area contributed by atoms with Crippen LogP contribution in [0.4, 0.5) is 0 Å². The number of hydrogen-bond donors (Lipinski definition) is 1. The van der Waals surface area contributed by atoms with Gasteiger partial charge in [0.25, 0.3) is 0 Å². The molecule has 21 heavy (non-hydrogen) atoms. The summed E-state index contributed by atoms with van der Waals surface area (Å²) in [5.74, 6) is 1.42. The molecule has 0 aliphatic carbocycles. The summed E-state index contributed by atoms with van der Waals surface area (Å²) in [4.78, 5) is 14.8. The van der Waals surface area contributed by atoms with Crippen molar-refractivity contribution in [3.05, 3.63) is 34.9 Å². The van der Waals surface area contributed by atoms with Gasteiger partial charge < -0.3 is 10.2 Å². The van der Waals surface area contributed by atoms with Crippen LogP contribution in [-0.4, -0.2) is 41.4 Å². The number of amides is 1. The highest BCUT2D eigenvalue weighted by atomic mass is 35.5. The molecule has 3 nitrogen and oxygen atoms in total. The average molecular weight is 347 g/mol. The topological polar surface area (TPSA) is 32.3 Å². The molecule has 0 spiro atoms. The predicted octanol–water partition coefficient (Wildman–Crippen LogP) is 3.13. The van der Waals surface area contributed by atoms with Crippen molar-refractivity contribution in [1.29, 1.82) is 0 Å². The first-order valence-corrected chi connectivity index (χ1v) is 8.56. The van der Waals surface area contributed by atoms with Gasteiger partial charge in [0.1, 0.15) is 0 Å². The zero-order valence-corrected chi connectivity index (χ0v) is 14.1. The van der Waals surface area contributed by atoms with Crippen molar-refractivity contribution in [3.63, 3.8) is 0 Å². The minimum Gasteiger partial charge on any atom is -0.332 e. The Morgan fingerprint density at radius 2 is 2.29 bits per heavy atom. The molecule has 0 saturated carbocycles. The van der Waals surface area contributed by atoms with Gasteiger partial charge in [-0.2, -0.15) is 0 Å². The van der Waals surface area contributed by atoms with E-state index in [0.29, 0.717) is 5.91 Å². The van der Waals surface area contributed by atoms with E-state index in [2.05, 4.69) is 11.4 Å². The van der Waals surface area contributed by atoms with E-state index < -0.39 is 0 Å². The van der Waals surface area contributed by atoms with Gasteiger partial charge in [-0.3, -0.25) is 4.79 Å². The summed E-state index contributed by atoms with van der Waals surface area (Å²) in [5.41, 5.74) is 1.13. The van der Waals surface area contributed by atoms with Crippen LogP contribution in [0.15, 0.2) is 24.3 Å². The molecule has 2 aliphatic rings. The van der Waals surface area contributed by atoms with Crippen molar-refractivity contribution >= 4 is 41.7 Å². The number of carbonyl (C=O) groups is 1. The Bertz CT molecular complexity index is 494. The number of nitrogens with zero attached hydrogens (tertiary/aromatic N) is 1. The Hall–Kier alpha value is -0.420. The maximum Gasteiger partial charge on any atom is 0.236 e. The Morgan fingerprint density at radius 1 is 1.43 bits per heavy atom. The summed E-state index contributed by atoms with van der Waals surface area (Å²) in [5, 5.41) is 4.28. The molecule has 0 bridgehead atoms. The molecule has 2 fully saturated rings. The largest absolute Gasteiger partial charge is 0.332 e. The summed E-state index contributed by atoms with van der Waals surface area (Å²) < 4.78 is 0. The molecule has 2 saturated heterocycles. The van der Waals surface area contributed by atoms with Crippen LogP contribution in [0.3, 0.4) is 0 Å². The van der Waals surface area contributed by atoms with Crippen molar-refractivity contribution in [2.45, 2.75) is 24.1 Å². The summed E-state index contributed by atoms with van der Waals surface area (Å²) in [6.45, 7) is 2.47. The molecule has 0 radical (unpaired) electrons. The van der Waals surface area contributed by atoms with E-state index >= 15 is 0 Å². The van der Waals surface area contributed by atoms with Crippen LogP contribution in [0.5, 0.6) is 0 Å². The monoisotopic (exact) mass is 346 g/mol. The van der Waals surface area contributed by atoms with E-state index in [1.54, 1.807) is 11.8 Å². The highest BCUT2D eigenvalue weighted by molar-refractivity contribution is 8.00. The molecule has 1 aromatic rings. The molecular formula is C15H20Cl2N2OS. The van der Waals surface area contributed by atoms with E-state index in [-0.39, 0.29) is 23.7 Å². The molecule has 2 atom stereocenters. The zero-order valence-electron chi connectivity index (χ0n) is 11.8. The Morgan fingerprint density at radius 3 is 3.00 bits per heavy atom. The number of hydrogen-bond acceptors (Lipinski definition) is 3. The van der Waals surface area contributed by atoms with Gasteiger partial charge >= 0.3 is 0 Å². The number of rotatable bonds is 2. The summed E-state index contributed by atoms with van der Waals surface area (Å²) >= 11 is 7.90. The van der Waals surface area contributed by atoms with Gasteiger partial charge in [0.15, 0.2) is 0 Å². The van der Waals surface area contributed by atoms with E-state index in [0.717, 1.165) is 48.8 Å². The number of carbonyl (C=O) groups excluding carboxylic acids is 1. The van der Waals surface area contributed by atoms with Crippen LogP contribution in [-0.2, 0) is 4.79 Å². The second kappa shape index (κ2) is 7.73. The van der Waals surface area contributed by atoms with Gasteiger partial charge in [-0.1, -0.05) is 23.7 Å². The fraction of sp³-hybridized carbons (Fsp3) is 0.533. The van der Waals surface area contributed by atoms with Crippen molar-refractivity contribution in [2.24, 2.45) is 0 Å². The lowest BCUT2D eigenvalue weighted by Crippen LogP contribution is -2.50. The normalized spacial score (nSPS) is 25.5. The summed E-state index contributed by atoms with van der Waals surface area (Å²) in [6.07, 6.45) is 2.19. The number of thioether (sulfide) groups is 1. The van der Waals surface area contributed by atoms with Crippen LogP contribution < -0.4 is 5.32 Å². The van der Waals surface area contributed by atoms with Crippen LogP contribution in [0, 0.1) is 0 Å². The molecule has 1 aromatic carbocycles. The second-order valence-corrected chi connectivity index (χ2v) is 7.06. The van der Waals surface area contributed by atoms with E-state index in [9.17, 15) is 4.79 Å². The molecule has 2 unspecified atom stereocenters. The molecular weight excluding hydrogens is 327 g/mol. The highest BCUT2D eigenvalue weighted by Crippen LogP contribution is 2.32. The average Bonchev–Trinajstić information content (AvgIpc) is 3.01. The van der Waals surface area contributed by atoms with E-state index in [1.807, 2.05) is 23.1 Å². The first-order valence-electron chi connectivity index (χ1n) is 7.14. The molecule has 1 amide bonds. The first kappa shape index (κ1) is 16.9. The SMILES string of the molecule is Cl.O=C(C1CCCS1)N1CCNCC1c1cccc(Cl)c1. The van der Waals surface area contributed by atoms with E-state index in [1.165, 1.54) is 0 Å². The van der Waals surface area contributed by atoms with Gasteiger partial charge in [-0.25, -0.2) is 0 Å². The summed E-state index contributed by atoms with van der Waals surface area (Å²) in [7, 11) is 0. The molecule has 116 valence electrons. The smallest absolute Gasteiger partial charge is 0.236 e. The lowest BCUT2D eigenvalue weighted by atomic mass is 10.0. The van der Waals surface area contributed by atoms with Gasteiger partial charge in [0, 0.05) is 24.7 Å². The molecule has 1 N–H and O–H groups in total. The minimum atomic E-state index is 0. The molecule has 3 rings (SSSR count). The number of nitrogens with one attached hydrogen (secondary N) is 1. The van der Waals surface area contributed by atoms with Gasteiger partial charge in [-0.15, -0.1) is 24.2 Å². The molecule has 0 aromatic heterocycles. The lowest BCUT2D eigenvalue weighted by Gasteiger charge is -2.38. The fourth-order valence-electron chi connectivity index (χ4n) is 2.94. The highest BCUT2D eigenvalue weighted by Gasteiger charge is 2.34. The number of piperazine rings is 1. The lowest BCUT2D eigenvalue weighted by molar-refractivity contribution is -0.134. The zero-order chi connectivity index (χ0) is 13.9. The maximum absolute atomic E-state index is 12.7. The first-order chi connectivity index (χ1) is 9.75. The molecule has 6 heteroatoms. The van der Waals surface area contributed by atoms with Gasteiger partial charge in [-0.05, 0) is 36.3 Å². The van der Waals surface area contributed by atoms with Gasteiger partial charge in [0.05, 0.1) is 11.3 Å². The van der Waals surface area contributed by atoms with Gasteiger partial charge in [0.2, 0.25) is 5.91 Å². The standard InChI is InChI=1S/C15H19ClN2OS.ClH/c16-12-4-1-3-11(9-12)13-10-17-6-7-18(13)15(19)14-5-2-8-20-14;/h1,3-4,9,13-14,17H,2,5-8,10H2;1H. The third kappa shape index (κ3) is 3.86.